The minimum absolute atomic E-state index is 0.566. The Balaban J connectivity index is 1.62. The maximum Gasteiger partial charge on any atom is 0.134 e. The Bertz CT molecular complexity index is 324. The summed E-state index contributed by atoms with van der Waals surface area (Å²) in [4.78, 5) is 3.56. The quantitative estimate of drug-likeness (QED) is 0.780. The van der Waals surface area contributed by atoms with Gasteiger partial charge in [0.05, 0.1) is 24.7 Å². The first-order valence-electron chi connectivity index (χ1n) is 6.09. The second-order valence-corrected chi connectivity index (χ2v) is 5.07. The van der Waals surface area contributed by atoms with E-state index < -0.39 is 0 Å². The molecule has 0 amide bonds. The van der Waals surface area contributed by atoms with Crippen molar-refractivity contribution in [2.24, 2.45) is 5.73 Å². The van der Waals surface area contributed by atoms with E-state index in [1.807, 2.05) is 11.4 Å². The summed E-state index contributed by atoms with van der Waals surface area (Å²) < 4.78 is 11.0. The van der Waals surface area contributed by atoms with Crippen molar-refractivity contribution in [1.82, 2.24) is 4.90 Å². The van der Waals surface area contributed by atoms with Crippen molar-refractivity contribution in [3.63, 3.8) is 0 Å². The van der Waals surface area contributed by atoms with Crippen LogP contribution in [0.15, 0.2) is 11.4 Å². The lowest BCUT2D eigenvalue weighted by molar-refractivity contribution is 0.0358. The first-order valence-corrected chi connectivity index (χ1v) is 6.97. The van der Waals surface area contributed by atoms with E-state index in [2.05, 4.69) is 4.90 Å². The maximum absolute atomic E-state index is 5.73. The third-order valence-corrected chi connectivity index (χ3v) is 3.79. The molecule has 5 heteroatoms. The van der Waals surface area contributed by atoms with Gasteiger partial charge in [-0.1, -0.05) is 0 Å². The topological polar surface area (TPSA) is 47.7 Å². The molecule has 2 rings (SSSR count). The van der Waals surface area contributed by atoms with Gasteiger partial charge >= 0.3 is 0 Å². The fourth-order valence-corrected chi connectivity index (χ4v) is 2.60. The third-order valence-electron chi connectivity index (χ3n) is 2.87. The lowest BCUT2D eigenvalue weighted by Crippen LogP contribution is -2.37. The molecule has 1 aromatic heterocycles. The number of hydrogen-bond acceptors (Lipinski definition) is 5. The number of morpholine rings is 1. The highest BCUT2D eigenvalue weighted by molar-refractivity contribution is 7.10. The number of thiophene rings is 1. The van der Waals surface area contributed by atoms with Crippen molar-refractivity contribution in [1.29, 1.82) is 0 Å². The highest BCUT2D eigenvalue weighted by Gasteiger charge is 2.09. The molecule has 1 aliphatic rings. The molecule has 4 nitrogen and oxygen atoms in total. The van der Waals surface area contributed by atoms with Gasteiger partial charge in [-0.15, -0.1) is 11.3 Å². The van der Waals surface area contributed by atoms with Crippen molar-refractivity contribution in [2.75, 3.05) is 39.5 Å². The molecule has 0 bridgehead atoms. The Labute approximate surface area is 106 Å². The largest absolute Gasteiger partial charge is 0.492 e. The molecule has 0 aliphatic carbocycles. The number of ether oxygens (including phenoxy) is 2. The van der Waals surface area contributed by atoms with Gasteiger partial charge in [-0.05, 0) is 17.9 Å². The zero-order valence-corrected chi connectivity index (χ0v) is 10.9. The summed E-state index contributed by atoms with van der Waals surface area (Å²) >= 11 is 1.66. The van der Waals surface area contributed by atoms with Crippen molar-refractivity contribution >= 4 is 11.3 Å². The highest BCUT2D eigenvalue weighted by atomic mass is 32.1. The molecule has 2 heterocycles. The monoisotopic (exact) mass is 256 g/mol. The summed E-state index contributed by atoms with van der Waals surface area (Å²) in [6.45, 7) is 6.24. The molecular weight excluding hydrogens is 236 g/mol. The number of nitrogens with two attached hydrogens (primary N) is 1. The van der Waals surface area contributed by atoms with Crippen LogP contribution in [0.25, 0.3) is 0 Å². The first-order chi connectivity index (χ1) is 8.40. The third kappa shape index (κ3) is 3.96. The number of nitrogens with zero attached hydrogens (tertiary/aromatic N) is 1. The van der Waals surface area contributed by atoms with Crippen LogP contribution >= 0.6 is 11.3 Å². The Hall–Kier alpha value is -0.620. The molecule has 0 radical (unpaired) electrons. The zero-order chi connectivity index (χ0) is 11.9. The van der Waals surface area contributed by atoms with Gasteiger partial charge in [-0.3, -0.25) is 4.90 Å². The predicted octanol–water partition coefficient (Wildman–Crippen LogP) is 1.31. The highest BCUT2D eigenvalue weighted by Crippen LogP contribution is 2.24. The second kappa shape index (κ2) is 6.96. The van der Waals surface area contributed by atoms with Crippen LogP contribution in [-0.4, -0.2) is 44.4 Å². The fraction of sp³-hybridized carbons (Fsp3) is 0.667. The molecule has 0 spiro atoms. The van der Waals surface area contributed by atoms with Crippen LogP contribution in [0.2, 0.25) is 0 Å². The first kappa shape index (κ1) is 12.8. The summed E-state index contributed by atoms with van der Waals surface area (Å²) in [6.07, 6.45) is 1.06. The van der Waals surface area contributed by atoms with E-state index in [1.54, 1.807) is 11.3 Å². The van der Waals surface area contributed by atoms with Gasteiger partial charge in [0.2, 0.25) is 0 Å². The lowest BCUT2D eigenvalue weighted by atomic mass is 10.3. The molecule has 1 aromatic rings. The minimum atomic E-state index is 0.566. The van der Waals surface area contributed by atoms with Crippen LogP contribution in [0.1, 0.15) is 11.3 Å². The maximum atomic E-state index is 5.73. The van der Waals surface area contributed by atoms with Crippen LogP contribution in [0.5, 0.6) is 5.75 Å². The Morgan fingerprint density at radius 2 is 2.24 bits per heavy atom. The Morgan fingerprint density at radius 1 is 1.41 bits per heavy atom. The zero-order valence-electron chi connectivity index (χ0n) is 10.1. The molecule has 0 saturated carbocycles. The summed E-state index contributed by atoms with van der Waals surface area (Å²) in [5, 5.41) is 2.03. The molecule has 2 N–H and O–H groups in total. The van der Waals surface area contributed by atoms with Crippen LogP contribution < -0.4 is 10.5 Å². The van der Waals surface area contributed by atoms with Crippen molar-refractivity contribution in [3.8, 4) is 5.75 Å². The van der Waals surface area contributed by atoms with Gasteiger partial charge in [0.1, 0.15) is 5.75 Å². The standard InChI is InChI=1S/C12H20N2O2S/c13-10-12-11(2-9-17-12)16-6-1-3-14-4-7-15-8-5-14/h2,9H,1,3-8,10,13H2. The molecule has 0 unspecified atom stereocenters. The molecule has 96 valence electrons. The van der Waals surface area contributed by atoms with E-state index in [0.29, 0.717) is 6.54 Å². The van der Waals surface area contributed by atoms with Crippen LogP contribution in [0, 0.1) is 0 Å². The summed E-state index contributed by atoms with van der Waals surface area (Å²) in [5.74, 6) is 0.958. The van der Waals surface area contributed by atoms with Gasteiger partial charge in [0, 0.05) is 26.2 Å². The smallest absolute Gasteiger partial charge is 0.134 e. The van der Waals surface area contributed by atoms with E-state index in [-0.39, 0.29) is 0 Å². The molecule has 1 fully saturated rings. The molecule has 1 saturated heterocycles. The molecule has 0 atom stereocenters. The average Bonchev–Trinajstić information content (AvgIpc) is 2.83. The van der Waals surface area contributed by atoms with E-state index >= 15 is 0 Å². The summed E-state index contributed by atoms with van der Waals surface area (Å²) in [7, 11) is 0. The Kier molecular flexibility index (Phi) is 5.25. The number of hydrogen-bond donors (Lipinski definition) is 1. The van der Waals surface area contributed by atoms with Crippen LogP contribution in [-0.2, 0) is 11.3 Å². The lowest BCUT2D eigenvalue weighted by Gasteiger charge is -2.26. The summed E-state index contributed by atoms with van der Waals surface area (Å²) in [5.41, 5.74) is 5.62. The normalized spacial score (nSPS) is 17.2. The van der Waals surface area contributed by atoms with E-state index in [1.165, 1.54) is 0 Å². The second-order valence-electron chi connectivity index (χ2n) is 4.07. The molecule has 17 heavy (non-hydrogen) atoms. The van der Waals surface area contributed by atoms with E-state index in [9.17, 15) is 0 Å². The van der Waals surface area contributed by atoms with Crippen LogP contribution in [0.4, 0.5) is 0 Å². The predicted molar refractivity (Wildman–Crippen MR) is 69.6 cm³/mol. The van der Waals surface area contributed by atoms with Gasteiger partial charge in [-0.25, -0.2) is 0 Å². The average molecular weight is 256 g/mol. The molecular formula is C12H20N2O2S. The van der Waals surface area contributed by atoms with E-state index in [4.69, 9.17) is 15.2 Å². The van der Waals surface area contributed by atoms with Crippen LogP contribution in [0.3, 0.4) is 0 Å². The van der Waals surface area contributed by atoms with Gasteiger partial charge < -0.3 is 15.2 Å². The van der Waals surface area contributed by atoms with Gasteiger partial charge in [-0.2, -0.15) is 0 Å². The molecule has 1 aliphatic heterocycles. The van der Waals surface area contributed by atoms with Crippen molar-refractivity contribution in [3.05, 3.63) is 16.3 Å². The SMILES string of the molecule is NCc1sccc1OCCCN1CCOCC1. The minimum Gasteiger partial charge on any atom is -0.492 e. The number of rotatable bonds is 6. The Morgan fingerprint density at radius 3 is 3.00 bits per heavy atom. The van der Waals surface area contributed by atoms with Crippen molar-refractivity contribution < 1.29 is 9.47 Å². The van der Waals surface area contributed by atoms with Crippen molar-refractivity contribution in [2.45, 2.75) is 13.0 Å². The van der Waals surface area contributed by atoms with Gasteiger partial charge in [0.25, 0.3) is 0 Å². The fourth-order valence-electron chi connectivity index (χ4n) is 1.90. The van der Waals surface area contributed by atoms with Gasteiger partial charge in [0.15, 0.2) is 0 Å². The van der Waals surface area contributed by atoms with E-state index in [0.717, 1.165) is 56.5 Å². The summed E-state index contributed by atoms with van der Waals surface area (Å²) in [6, 6.07) is 2.00. The molecule has 0 aromatic carbocycles.